The molecule has 1 aliphatic heterocycles. The second-order valence-electron chi connectivity index (χ2n) is 4.63. The topological polar surface area (TPSA) is 78.9 Å². The standard InChI is InChI=1S/C11H20N2O4/c1-7(2)8(3)12-11(16)13-4-5-17-9(6-13)10(14)15/h7-9H,4-6H2,1-3H3,(H,12,16)(H,14,15). The van der Waals surface area contributed by atoms with E-state index in [1.165, 1.54) is 4.90 Å². The highest BCUT2D eigenvalue weighted by atomic mass is 16.5. The van der Waals surface area contributed by atoms with E-state index in [2.05, 4.69) is 5.32 Å². The van der Waals surface area contributed by atoms with Crippen molar-refractivity contribution in [2.75, 3.05) is 19.7 Å². The summed E-state index contributed by atoms with van der Waals surface area (Å²) in [5.74, 6) is -0.685. The number of nitrogens with zero attached hydrogens (tertiary/aromatic N) is 1. The van der Waals surface area contributed by atoms with Gasteiger partial charge in [0.05, 0.1) is 13.2 Å². The number of amides is 2. The van der Waals surface area contributed by atoms with Crippen LogP contribution in [0, 0.1) is 5.92 Å². The van der Waals surface area contributed by atoms with E-state index in [9.17, 15) is 9.59 Å². The third-order valence-electron chi connectivity index (χ3n) is 2.98. The molecular weight excluding hydrogens is 224 g/mol. The fourth-order valence-corrected chi connectivity index (χ4v) is 1.44. The van der Waals surface area contributed by atoms with Crippen LogP contribution in [0.2, 0.25) is 0 Å². The highest BCUT2D eigenvalue weighted by Crippen LogP contribution is 2.07. The molecule has 98 valence electrons. The molecule has 2 amide bonds. The van der Waals surface area contributed by atoms with Crippen LogP contribution in [0.3, 0.4) is 0 Å². The van der Waals surface area contributed by atoms with E-state index in [-0.39, 0.29) is 25.2 Å². The van der Waals surface area contributed by atoms with E-state index in [1.54, 1.807) is 0 Å². The first kappa shape index (κ1) is 13.8. The molecular formula is C11H20N2O4. The van der Waals surface area contributed by atoms with Gasteiger partial charge in [0.15, 0.2) is 6.10 Å². The maximum absolute atomic E-state index is 11.8. The minimum absolute atomic E-state index is 0.0635. The summed E-state index contributed by atoms with van der Waals surface area (Å²) in [6.07, 6.45) is -0.913. The molecule has 0 aromatic rings. The molecule has 0 aromatic carbocycles. The van der Waals surface area contributed by atoms with Gasteiger partial charge in [-0.3, -0.25) is 0 Å². The lowest BCUT2D eigenvalue weighted by Gasteiger charge is -2.32. The molecule has 17 heavy (non-hydrogen) atoms. The molecule has 6 nitrogen and oxygen atoms in total. The second kappa shape index (κ2) is 5.86. The Morgan fingerprint density at radius 1 is 1.41 bits per heavy atom. The van der Waals surface area contributed by atoms with Gasteiger partial charge in [-0.05, 0) is 12.8 Å². The Morgan fingerprint density at radius 2 is 2.06 bits per heavy atom. The zero-order valence-electron chi connectivity index (χ0n) is 10.5. The van der Waals surface area contributed by atoms with E-state index >= 15 is 0 Å². The van der Waals surface area contributed by atoms with Crippen LogP contribution in [0.15, 0.2) is 0 Å². The van der Waals surface area contributed by atoms with Crippen molar-refractivity contribution in [1.29, 1.82) is 0 Å². The van der Waals surface area contributed by atoms with Crippen molar-refractivity contribution in [2.45, 2.75) is 32.9 Å². The largest absolute Gasteiger partial charge is 0.479 e. The number of morpholine rings is 1. The molecule has 1 fully saturated rings. The SMILES string of the molecule is CC(C)C(C)NC(=O)N1CCOC(C(=O)O)C1. The summed E-state index contributed by atoms with van der Waals surface area (Å²) in [7, 11) is 0. The van der Waals surface area contributed by atoms with Gasteiger partial charge in [0.2, 0.25) is 0 Å². The van der Waals surface area contributed by atoms with E-state index < -0.39 is 12.1 Å². The number of carboxylic acid groups (broad SMARTS) is 1. The Hall–Kier alpha value is -1.30. The molecule has 1 rings (SSSR count). The summed E-state index contributed by atoms with van der Waals surface area (Å²) in [6, 6.07) is -0.158. The van der Waals surface area contributed by atoms with Crippen molar-refractivity contribution in [3.8, 4) is 0 Å². The van der Waals surface area contributed by atoms with Crippen LogP contribution in [0.4, 0.5) is 4.79 Å². The van der Waals surface area contributed by atoms with Gasteiger partial charge in [-0.1, -0.05) is 13.8 Å². The number of carbonyl (C=O) groups is 2. The van der Waals surface area contributed by atoms with Crippen LogP contribution in [-0.2, 0) is 9.53 Å². The van der Waals surface area contributed by atoms with Gasteiger partial charge >= 0.3 is 12.0 Å². The van der Waals surface area contributed by atoms with Crippen LogP contribution < -0.4 is 5.32 Å². The molecule has 2 N–H and O–H groups in total. The minimum atomic E-state index is -1.03. The summed E-state index contributed by atoms with van der Waals surface area (Å²) in [6.45, 7) is 6.76. The average molecular weight is 244 g/mol. The number of hydrogen-bond acceptors (Lipinski definition) is 3. The predicted molar refractivity (Wildman–Crippen MR) is 61.8 cm³/mol. The number of nitrogens with one attached hydrogen (secondary N) is 1. The number of aliphatic carboxylic acids is 1. The fraction of sp³-hybridized carbons (Fsp3) is 0.818. The summed E-state index contributed by atoms with van der Waals surface area (Å²) in [5, 5.41) is 11.7. The number of ether oxygens (including phenoxy) is 1. The number of carboxylic acids is 1. The van der Waals surface area contributed by atoms with Crippen LogP contribution >= 0.6 is 0 Å². The maximum atomic E-state index is 11.8. The number of carbonyl (C=O) groups excluding carboxylic acids is 1. The smallest absolute Gasteiger partial charge is 0.334 e. The average Bonchev–Trinajstić information content (AvgIpc) is 2.28. The van der Waals surface area contributed by atoms with E-state index in [1.807, 2.05) is 20.8 Å². The molecule has 1 heterocycles. The molecule has 1 aliphatic rings. The van der Waals surface area contributed by atoms with Crippen LogP contribution in [-0.4, -0.2) is 53.8 Å². The molecule has 2 atom stereocenters. The first-order chi connectivity index (χ1) is 7.91. The van der Waals surface area contributed by atoms with Crippen molar-refractivity contribution in [1.82, 2.24) is 10.2 Å². The predicted octanol–water partition coefficient (Wildman–Crippen LogP) is 0.526. The normalized spacial score (nSPS) is 22.4. The third-order valence-corrected chi connectivity index (χ3v) is 2.98. The molecule has 0 radical (unpaired) electrons. The summed E-state index contributed by atoms with van der Waals surface area (Å²) < 4.78 is 5.05. The zero-order chi connectivity index (χ0) is 13.0. The fourth-order valence-electron chi connectivity index (χ4n) is 1.44. The van der Waals surface area contributed by atoms with E-state index in [4.69, 9.17) is 9.84 Å². The Labute approximate surface area is 101 Å². The molecule has 1 saturated heterocycles. The Kier molecular flexibility index (Phi) is 4.74. The number of rotatable bonds is 3. The summed E-state index contributed by atoms with van der Waals surface area (Å²) in [5.41, 5.74) is 0. The lowest BCUT2D eigenvalue weighted by atomic mass is 10.1. The minimum Gasteiger partial charge on any atom is -0.479 e. The van der Waals surface area contributed by atoms with Gasteiger partial charge in [-0.2, -0.15) is 0 Å². The summed E-state index contributed by atoms with van der Waals surface area (Å²) >= 11 is 0. The van der Waals surface area contributed by atoms with Gasteiger partial charge < -0.3 is 20.1 Å². The monoisotopic (exact) mass is 244 g/mol. The molecule has 2 unspecified atom stereocenters. The Bertz CT molecular complexity index is 293. The first-order valence-corrected chi connectivity index (χ1v) is 5.81. The summed E-state index contributed by atoms with van der Waals surface area (Å²) in [4.78, 5) is 24.1. The van der Waals surface area contributed by atoms with Gasteiger partial charge in [0.1, 0.15) is 0 Å². The lowest BCUT2D eigenvalue weighted by molar-refractivity contribution is -0.154. The molecule has 0 bridgehead atoms. The van der Waals surface area contributed by atoms with Crippen molar-refractivity contribution < 1.29 is 19.4 Å². The van der Waals surface area contributed by atoms with Crippen molar-refractivity contribution in [2.24, 2.45) is 5.92 Å². The first-order valence-electron chi connectivity index (χ1n) is 5.81. The Balaban J connectivity index is 2.49. The van der Waals surface area contributed by atoms with Gasteiger partial charge in [-0.15, -0.1) is 0 Å². The second-order valence-corrected chi connectivity index (χ2v) is 4.63. The number of hydrogen-bond donors (Lipinski definition) is 2. The number of urea groups is 1. The molecule has 0 aromatic heterocycles. The van der Waals surface area contributed by atoms with Gasteiger partial charge in [0.25, 0.3) is 0 Å². The molecule has 6 heteroatoms. The quantitative estimate of drug-likeness (QED) is 0.759. The van der Waals surface area contributed by atoms with Crippen LogP contribution in [0.5, 0.6) is 0 Å². The van der Waals surface area contributed by atoms with Crippen molar-refractivity contribution in [3.63, 3.8) is 0 Å². The van der Waals surface area contributed by atoms with Crippen molar-refractivity contribution in [3.05, 3.63) is 0 Å². The highest BCUT2D eigenvalue weighted by Gasteiger charge is 2.29. The van der Waals surface area contributed by atoms with E-state index in [0.29, 0.717) is 12.5 Å². The lowest BCUT2D eigenvalue weighted by Crippen LogP contribution is -2.53. The third kappa shape index (κ3) is 3.89. The van der Waals surface area contributed by atoms with Gasteiger partial charge in [-0.25, -0.2) is 9.59 Å². The van der Waals surface area contributed by atoms with Crippen LogP contribution in [0.25, 0.3) is 0 Å². The van der Waals surface area contributed by atoms with Gasteiger partial charge in [0, 0.05) is 12.6 Å². The highest BCUT2D eigenvalue weighted by molar-refractivity contribution is 5.77. The van der Waals surface area contributed by atoms with Crippen LogP contribution in [0.1, 0.15) is 20.8 Å². The molecule has 0 saturated carbocycles. The molecule has 0 aliphatic carbocycles. The zero-order valence-corrected chi connectivity index (χ0v) is 10.5. The van der Waals surface area contributed by atoms with Crippen molar-refractivity contribution >= 4 is 12.0 Å². The van der Waals surface area contributed by atoms with E-state index in [0.717, 1.165) is 0 Å². The maximum Gasteiger partial charge on any atom is 0.334 e. The molecule has 0 spiro atoms. The Morgan fingerprint density at radius 3 is 2.59 bits per heavy atom.